The third kappa shape index (κ3) is 1.80. The Morgan fingerprint density at radius 2 is 2.25 bits per heavy atom. The number of rotatable bonds is 1. The van der Waals surface area contributed by atoms with Crippen LogP contribution >= 0.6 is 27.5 Å². The van der Waals surface area contributed by atoms with Crippen LogP contribution < -0.4 is 0 Å². The van der Waals surface area contributed by atoms with Crippen molar-refractivity contribution in [2.75, 3.05) is 0 Å². The average molecular weight is 245 g/mol. The Bertz CT molecular complexity index is 341. The van der Waals surface area contributed by atoms with Crippen LogP contribution in [0.5, 0.6) is 0 Å². The lowest BCUT2D eigenvalue weighted by Crippen LogP contribution is -1.86. The number of hydrogen-bond donors (Lipinski definition) is 0. The van der Waals surface area contributed by atoms with E-state index in [4.69, 9.17) is 16.9 Å². The van der Waals surface area contributed by atoms with Crippen LogP contribution in [-0.2, 0) is 6.42 Å². The molecule has 0 saturated heterocycles. The fraction of sp³-hybridized carbons (Fsp3) is 0.222. The average Bonchev–Trinajstić information content (AvgIpc) is 2.07. The van der Waals surface area contributed by atoms with Crippen molar-refractivity contribution in [3.8, 4) is 6.07 Å². The minimum atomic E-state index is 0.389. The van der Waals surface area contributed by atoms with E-state index in [0.717, 1.165) is 15.6 Å². The molecule has 0 saturated carbocycles. The molecule has 0 aliphatic rings. The number of benzene rings is 1. The minimum absolute atomic E-state index is 0.389. The van der Waals surface area contributed by atoms with Gasteiger partial charge in [0.2, 0.25) is 0 Å². The van der Waals surface area contributed by atoms with Crippen LogP contribution in [0.2, 0.25) is 5.02 Å². The van der Waals surface area contributed by atoms with Crippen molar-refractivity contribution in [1.82, 2.24) is 0 Å². The van der Waals surface area contributed by atoms with Crippen molar-refractivity contribution in [2.45, 2.75) is 13.3 Å². The van der Waals surface area contributed by atoms with Gasteiger partial charge in [0.1, 0.15) is 0 Å². The van der Waals surface area contributed by atoms with E-state index in [0.29, 0.717) is 11.4 Å². The summed E-state index contributed by atoms with van der Waals surface area (Å²) in [6, 6.07) is 5.91. The van der Waals surface area contributed by atoms with E-state index < -0.39 is 0 Å². The lowest BCUT2D eigenvalue weighted by molar-refractivity contribution is 1.23. The van der Waals surface area contributed by atoms with Crippen LogP contribution in [0.3, 0.4) is 0 Å². The Hall–Kier alpha value is -0.520. The fourth-order valence-electron chi connectivity index (χ4n) is 0.908. The highest BCUT2D eigenvalue weighted by molar-refractivity contribution is 9.10. The lowest BCUT2D eigenvalue weighted by Gasteiger charge is -2.04. The van der Waals surface area contributed by atoms with Crippen molar-refractivity contribution in [1.29, 1.82) is 5.26 Å². The predicted molar refractivity (Wildman–Crippen MR) is 53.2 cm³/mol. The molecule has 0 bridgehead atoms. The third-order valence-corrected chi connectivity index (χ3v) is 3.25. The standard InChI is InChI=1S/C9H7BrClN/c1-6-2-3-7(4-5-12)8(10)9(6)11/h2-3H,4H2,1H3. The summed E-state index contributed by atoms with van der Waals surface area (Å²) in [5.74, 6) is 0. The number of aryl methyl sites for hydroxylation is 1. The maximum atomic E-state index is 8.49. The summed E-state index contributed by atoms with van der Waals surface area (Å²) in [6.45, 7) is 1.93. The molecule has 1 aromatic carbocycles. The first-order valence-electron chi connectivity index (χ1n) is 3.47. The highest BCUT2D eigenvalue weighted by atomic mass is 79.9. The van der Waals surface area contributed by atoms with Gasteiger partial charge in [-0.1, -0.05) is 23.7 Å². The van der Waals surface area contributed by atoms with E-state index in [1.54, 1.807) is 0 Å². The molecule has 0 spiro atoms. The molecule has 0 fully saturated rings. The molecule has 1 aromatic rings. The fourth-order valence-corrected chi connectivity index (χ4v) is 1.68. The van der Waals surface area contributed by atoms with Crippen molar-refractivity contribution in [3.63, 3.8) is 0 Å². The molecule has 0 amide bonds. The molecule has 0 aliphatic heterocycles. The quantitative estimate of drug-likeness (QED) is 0.742. The second kappa shape index (κ2) is 3.93. The predicted octanol–water partition coefficient (Wildman–Crippen LogP) is 3.48. The number of nitrogens with zero attached hydrogens (tertiary/aromatic N) is 1. The highest BCUT2D eigenvalue weighted by Crippen LogP contribution is 2.29. The summed E-state index contributed by atoms with van der Waals surface area (Å²) in [7, 11) is 0. The zero-order chi connectivity index (χ0) is 9.14. The van der Waals surface area contributed by atoms with Gasteiger partial charge in [-0.25, -0.2) is 0 Å². The van der Waals surface area contributed by atoms with E-state index >= 15 is 0 Å². The Labute approximate surface area is 85.1 Å². The molecule has 0 heterocycles. The molecule has 0 radical (unpaired) electrons. The Morgan fingerprint density at radius 1 is 1.58 bits per heavy atom. The molecule has 3 heteroatoms. The molecule has 1 rings (SSSR count). The van der Waals surface area contributed by atoms with Crippen molar-refractivity contribution < 1.29 is 0 Å². The monoisotopic (exact) mass is 243 g/mol. The lowest BCUT2D eigenvalue weighted by atomic mass is 10.1. The van der Waals surface area contributed by atoms with Crippen molar-refractivity contribution in [3.05, 3.63) is 32.8 Å². The maximum absolute atomic E-state index is 8.49. The van der Waals surface area contributed by atoms with E-state index in [1.807, 2.05) is 19.1 Å². The number of hydrogen-bond acceptors (Lipinski definition) is 1. The van der Waals surface area contributed by atoms with Crippen molar-refractivity contribution in [2.24, 2.45) is 0 Å². The molecule has 0 N–H and O–H groups in total. The summed E-state index contributed by atoms with van der Waals surface area (Å²) in [5.41, 5.74) is 1.96. The molecule has 0 atom stereocenters. The summed E-state index contributed by atoms with van der Waals surface area (Å²) in [4.78, 5) is 0. The summed E-state index contributed by atoms with van der Waals surface area (Å²) < 4.78 is 0.839. The molecular weight excluding hydrogens is 237 g/mol. The van der Waals surface area contributed by atoms with Crippen LogP contribution in [-0.4, -0.2) is 0 Å². The topological polar surface area (TPSA) is 23.8 Å². The van der Waals surface area contributed by atoms with Crippen LogP contribution in [0.25, 0.3) is 0 Å². The second-order valence-corrected chi connectivity index (χ2v) is 3.68. The van der Waals surface area contributed by atoms with E-state index in [-0.39, 0.29) is 0 Å². The van der Waals surface area contributed by atoms with Crippen molar-refractivity contribution >= 4 is 27.5 Å². The SMILES string of the molecule is Cc1ccc(CC#N)c(Br)c1Cl. The normalized spacial score (nSPS) is 9.50. The number of halogens is 2. The van der Waals surface area contributed by atoms with Crippen LogP contribution in [0.1, 0.15) is 11.1 Å². The first-order valence-corrected chi connectivity index (χ1v) is 4.64. The van der Waals surface area contributed by atoms with Gasteiger partial charge < -0.3 is 0 Å². The largest absolute Gasteiger partial charge is 0.198 e. The van der Waals surface area contributed by atoms with Crippen LogP contribution in [0, 0.1) is 18.3 Å². The van der Waals surface area contributed by atoms with E-state index in [9.17, 15) is 0 Å². The van der Waals surface area contributed by atoms with Gasteiger partial charge >= 0.3 is 0 Å². The Kier molecular flexibility index (Phi) is 3.13. The zero-order valence-corrected chi connectivity index (χ0v) is 8.91. The van der Waals surface area contributed by atoms with E-state index in [1.165, 1.54) is 0 Å². The van der Waals surface area contributed by atoms with E-state index in [2.05, 4.69) is 22.0 Å². The van der Waals surface area contributed by atoms with Gasteiger partial charge in [0.05, 0.1) is 17.5 Å². The maximum Gasteiger partial charge on any atom is 0.0670 e. The molecule has 0 aliphatic carbocycles. The van der Waals surface area contributed by atoms with Gasteiger partial charge in [-0.15, -0.1) is 0 Å². The van der Waals surface area contributed by atoms with Crippen LogP contribution in [0.15, 0.2) is 16.6 Å². The smallest absolute Gasteiger partial charge is 0.0670 e. The first kappa shape index (κ1) is 9.57. The molecule has 1 nitrogen and oxygen atoms in total. The van der Waals surface area contributed by atoms with Gasteiger partial charge in [-0.3, -0.25) is 0 Å². The molecule has 0 unspecified atom stereocenters. The van der Waals surface area contributed by atoms with Gasteiger partial charge in [0.25, 0.3) is 0 Å². The minimum Gasteiger partial charge on any atom is -0.198 e. The van der Waals surface area contributed by atoms with Gasteiger partial charge in [-0.2, -0.15) is 5.26 Å². The first-order chi connectivity index (χ1) is 5.66. The zero-order valence-electron chi connectivity index (χ0n) is 6.56. The second-order valence-electron chi connectivity index (χ2n) is 2.50. The van der Waals surface area contributed by atoms with Crippen LogP contribution in [0.4, 0.5) is 0 Å². The molecular formula is C9H7BrClN. The summed E-state index contributed by atoms with van der Waals surface area (Å²) in [6.07, 6.45) is 0.389. The number of nitriles is 1. The van der Waals surface area contributed by atoms with Gasteiger partial charge in [-0.05, 0) is 34.0 Å². The molecule has 12 heavy (non-hydrogen) atoms. The van der Waals surface area contributed by atoms with Gasteiger partial charge in [0, 0.05) is 4.47 Å². The third-order valence-electron chi connectivity index (χ3n) is 1.62. The molecule has 62 valence electrons. The Morgan fingerprint density at radius 3 is 2.83 bits per heavy atom. The van der Waals surface area contributed by atoms with Gasteiger partial charge in [0.15, 0.2) is 0 Å². The summed E-state index contributed by atoms with van der Waals surface area (Å²) >= 11 is 9.31. The molecule has 0 aromatic heterocycles. The highest BCUT2D eigenvalue weighted by Gasteiger charge is 2.05. The Balaban J connectivity index is 3.19. The summed E-state index contributed by atoms with van der Waals surface area (Å²) in [5, 5.41) is 9.19.